The van der Waals surface area contributed by atoms with Gasteiger partial charge in [0.15, 0.2) is 0 Å². The molecular weight excluding hydrogens is 250 g/mol. The van der Waals surface area contributed by atoms with Crippen LogP contribution in [0.5, 0.6) is 0 Å². The Hall–Kier alpha value is -0.710. The molecule has 0 bridgehead atoms. The van der Waals surface area contributed by atoms with E-state index in [2.05, 4.69) is 5.32 Å². The lowest BCUT2D eigenvalue weighted by molar-refractivity contribution is -0.148. The van der Waals surface area contributed by atoms with Crippen molar-refractivity contribution in [1.82, 2.24) is 5.32 Å². The molecule has 0 radical (unpaired) electrons. The van der Waals surface area contributed by atoms with E-state index in [1.165, 1.54) is 6.42 Å². The lowest BCUT2D eigenvalue weighted by Gasteiger charge is -2.35. The van der Waals surface area contributed by atoms with Gasteiger partial charge < -0.3 is 10.4 Å². The van der Waals surface area contributed by atoms with Gasteiger partial charge in [-0.15, -0.1) is 0 Å². The second-order valence-electron chi connectivity index (χ2n) is 5.77. The first-order chi connectivity index (χ1) is 8.49. The quantitative estimate of drug-likeness (QED) is 0.824. The van der Waals surface area contributed by atoms with Crippen LogP contribution in [0.1, 0.15) is 45.4 Å². The van der Waals surface area contributed by atoms with Gasteiger partial charge in [-0.2, -0.15) is 11.8 Å². The minimum atomic E-state index is -1.03. The maximum absolute atomic E-state index is 12.4. The molecule has 1 heterocycles. The molecule has 1 aliphatic heterocycles. The number of thioether (sulfide) groups is 1. The van der Waals surface area contributed by atoms with E-state index < -0.39 is 11.5 Å². The smallest absolute Gasteiger partial charge is 0.330 e. The second kappa shape index (κ2) is 5.11. The minimum Gasteiger partial charge on any atom is -0.479 e. The van der Waals surface area contributed by atoms with Crippen LogP contribution in [0.25, 0.3) is 0 Å². The molecule has 0 aromatic carbocycles. The molecule has 1 atom stereocenters. The highest BCUT2D eigenvalue weighted by Crippen LogP contribution is 2.37. The summed E-state index contributed by atoms with van der Waals surface area (Å²) in [4.78, 5) is 23.8. The van der Waals surface area contributed by atoms with Gasteiger partial charge >= 0.3 is 5.97 Å². The molecule has 2 aliphatic rings. The fourth-order valence-electron chi connectivity index (χ4n) is 2.81. The molecule has 102 valence electrons. The maximum Gasteiger partial charge on any atom is 0.330 e. The monoisotopic (exact) mass is 271 g/mol. The highest BCUT2D eigenvalue weighted by molar-refractivity contribution is 7.99. The zero-order chi connectivity index (χ0) is 13.2. The van der Waals surface area contributed by atoms with Gasteiger partial charge in [0.25, 0.3) is 0 Å². The molecular formula is C13H21NO3S. The van der Waals surface area contributed by atoms with Crippen LogP contribution in [0.3, 0.4) is 0 Å². The largest absolute Gasteiger partial charge is 0.479 e. The third-order valence-corrected chi connectivity index (χ3v) is 5.48. The summed E-state index contributed by atoms with van der Waals surface area (Å²) in [5, 5.41) is 12.2. The Kier molecular flexibility index (Phi) is 3.90. The Balaban J connectivity index is 2.07. The topological polar surface area (TPSA) is 66.4 Å². The molecule has 18 heavy (non-hydrogen) atoms. The molecule has 1 saturated heterocycles. The summed E-state index contributed by atoms with van der Waals surface area (Å²) in [6.07, 6.45) is 5.61. The molecule has 1 unspecified atom stereocenters. The van der Waals surface area contributed by atoms with Gasteiger partial charge in [-0.25, -0.2) is 4.79 Å². The molecule has 2 N–H and O–H groups in total. The summed E-state index contributed by atoms with van der Waals surface area (Å²) < 4.78 is 0. The van der Waals surface area contributed by atoms with Gasteiger partial charge in [0.05, 0.1) is 0 Å². The first kappa shape index (κ1) is 13.7. The summed E-state index contributed by atoms with van der Waals surface area (Å²) in [5.41, 5.74) is -1.39. The molecule has 0 aromatic rings. The number of carboxylic acids is 1. The Labute approximate surface area is 112 Å². The molecule has 1 aliphatic carbocycles. The minimum absolute atomic E-state index is 0.0629. The summed E-state index contributed by atoms with van der Waals surface area (Å²) >= 11 is 1.60. The fraction of sp³-hybridized carbons (Fsp3) is 0.846. The standard InChI is InChI=1S/C13H21NO3S/c1-12(5-3-2-4-6-12)10(15)14-13(11(16)17)7-8-18-9-13/h2-9H2,1H3,(H,14,15)(H,16,17). The van der Waals surface area contributed by atoms with Crippen molar-refractivity contribution in [2.45, 2.75) is 51.0 Å². The lowest BCUT2D eigenvalue weighted by Crippen LogP contribution is -2.58. The Morgan fingerprint density at radius 3 is 2.33 bits per heavy atom. The number of hydrogen-bond donors (Lipinski definition) is 2. The summed E-state index contributed by atoms with van der Waals surface area (Å²) in [6, 6.07) is 0. The highest BCUT2D eigenvalue weighted by atomic mass is 32.2. The van der Waals surface area contributed by atoms with Crippen molar-refractivity contribution in [3.05, 3.63) is 0 Å². The number of carbonyl (C=O) groups is 2. The Morgan fingerprint density at radius 1 is 1.17 bits per heavy atom. The average Bonchev–Trinajstić information content (AvgIpc) is 2.80. The van der Waals surface area contributed by atoms with Crippen molar-refractivity contribution in [3.63, 3.8) is 0 Å². The van der Waals surface area contributed by atoms with Gasteiger partial charge in [-0.3, -0.25) is 4.79 Å². The van der Waals surface area contributed by atoms with Crippen molar-refractivity contribution in [3.8, 4) is 0 Å². The Bertz CT molecular complexity index is 344. The van der Waals surface area contributed by atoms with Gasteiger partial charge in [0.1, 0.15) is 5.54 Å². The van der Waals surface area contributed by atoms with Crippen LogP contribution in [0.2, 0.25) is 0 Å². The van der Waals surface area contributed by atoms with Crippen LogP contribution in [-0.4, -0.2) is 34.0 Å². The van der Waals surface area contributed by atoms with Crippen LogP contribution in [0.4, 0.5) is 0 Å². The van der Waals surface area contributed by atoms with Crippen LogP contribution in [0.15, 0.2) is 0 Å². The van der Waals surface area contributed by atoms with Gasteiger partial charge in [0, 0.05) is 11.2 Å². The molecule has 1 saturated carbocycles. The van der Waals surface area contributed by atoms with Gasteiger partial charge in [-0.05, 0) is 25.0 Å². The van der Waals surface area contributed by atoms with Crippen molar-refractivity contribution >= 4 is 23.6 Å². The van der Waals surface area contributed by atoms with Crippen molar-refractivity contribution < 1.29 is 14.7 Å². The first-order valence-corrected chi connectivity index (χ1v) is 7.78. The molecule has 0 spiro atoms. The predicted molar refractivity (Wildman–Crippen MR) is 71.6 cm³/mol. The number of amides is 1. The third kappa shape index (κ3) is 2.51. The van der Waals surface area contributed by atoms with Crippen molar-refractivity contribution in [1.29, 1.82) is 0 Å². The van der Waals surface area contributed by atoms with Crippen LogP contribution < -0.4 is 5.32 Å². The normalized spacial score (nSPS) is 30.9. The number of carboxylic acid groups (broad SMARTS) is 1. The van der Waals surface area contributed by atoms with E-state index >= 15 is 0 Å². The van der Waals surface area contributed by atoms with E-state index in [4.69, 9.17) is 0 Å². The van der Waals surface area contributed by atoms with Crippen molar-refractivity contribution in [2.75, 3.05) is 11.5 Å². The molecule has 0 aromatic heterocycles. The zero-order valence-electron chi connectivity index (χ0n) is 10.8. The second-order valence-corrected chi connectivity index (χ2v) is 6.87. The fourth-order valence-corrected chi connectivity index (χ4v) is 4.14. The van der Waals surface area contributed by atoms with E-state index in [1.54, 1.807) is 11.8 Å². The molecule has 2 fully saturated rings. The lowest BCUT2D eigenvalue weighted by atomic mass is 9.74. The summed E-state index contributed by atoms with van der Waals surface area (Å²) in [7, 11) is 0. The van der Waals surface area contributed by atoms with Crippen LogP contribution in [0, 0.1) is 5.41 Å². The SMILES string of the molecule is CC1(C(=O)NC2(C(=O)O)CCSC2)CCCCC1. The summed E-state index contributed by atoms with van der Waals surface area (Å²) in [5.74, 6) is 0.348. The van der Waals surface area contributed by atoms with E-state index in [0.717, 1.165) is 31.4 Å². The molecule has 4 nitrogen and oxygen atoms in total. The third-order valence-electron chi connectivity index (χ3n) is 4.29. The first-order valence-electron chi connectivity index (χ1n) is 6.62. The Morgan fingerprint density at radius 2 is 1.83 bits per heavy atom. The predicted octanol–water partition coefficient (Wildman–Crippen LogP) is 2.03. The zero-order valence-corrected chi connectivity index (χ0v) is 11.6. The summed E-state index contributed by atoms with van der Waals surface area (Å²) in [6.45, 7) is 1.97. The molecule has 1 amide bonds. The van der Waals surface area contributed by atoms with Gasteiger partial charge in [0.2, 0.25) is 5.91 Å². The average molecular weight is 271 g/mol. The van der Waals surface area contributed by atoms with E-state index in [-0.39, 0.29) is 11.3 Å². The highest BCUT2D eigenvalue weighted by Gasteiger charge is 2.46. The molecule has 2 rings (SSSR count). The van der Waals surface area contributed by atoms with E-state index in [1.807, 2.05) is 6.92 Å². The van der Waals surface area contributed by atoms with Crippen LogP contribution >= 0.6 is 11.8 Å². The van der Waals surface area contributed by atoms with Crippen LogP contribution in [-0.2, 0) is 9.59 Å². The number of aliphatic carboxylic acids is 1. The van der Waals surface area contributed by atoms with Crippen molar-refractivity contribution in [2.24, 2.45) is 5.41 Å². The molecule has 5 heteroatoms. The maximum atomic E-state index is 12.4. The number of rotatable bonds is 3. The number of nitrogens with one attached hydrogen (secondary N) is 1. The van der Waals surface area contributed by atoms with E-state index in [9.17, 15) is 14.7 Å². The van der Waals surface area contributed by atoms with E-state index in [0.29, 0.717) is 12.2 Å². The number of carbonyl (C=O) groups excluding carboxylic acids is 1. The number of hydrogen-bond acceptors (Lipinski definition) is 3. The van der Waals surface area contributed by atoms with Gasteiger partial charge in [-0.1, -0.05) is 26.2 Å².